The predicted octanol–water partition coefficient (Wildman–Crippen LogP) is 3.98. The van der Waals surface area contributed by atoms with Gasteiger partial charge in [0.15, 0.2) is 5.58 Å². The Balaban J connectivity index is 1.66. The van der Waals surface area contributed by atoms with Gasteiger partial charge in [-0.05, 0) is 42.7 Å². The van der Waals surface area contributed by atoms with E-state index in [9.17, 15) is 9.59 Å². The topological polar surface area (TPSA) is 73.5 Å². The minimum absolute atomic E-state index is 0.0185. The van der Waals surface area contributed by atoms with Crippen molar-refractivity contribution in [3.63, 3.8) is 0 Å². The van der Waals surface area contributed by atoms with Crippen LogP contribution in [0.15, 0.2) is 51.7 Å². The summed E-state index contributed by atoms with van der Waals surface area (Å²) in [4.78, 5) is 25.1. The second kappa shape index (κ2) is 7.19. The number of nitrogens with one attached hydrogen (secondary N) is 1. The smallest absolute Gasteiger partial charge is 0.419 e. The molecule has 28 heavy (non-hydrogen) atoms. The number of methoxy groups -OCH3 is 1. The Bertz CT molecular complexity index is 1060. The van der Waals surface area contributed by atoms with Gasteiger partial charge < -0.3 is 14.5 Å². The molecule has 0 bridgehead atoms. The second-order valence-electron chi connectivity index (χ2n) is 7.43. The largest absolute Gasteiger partial charge is 0.497 e. The standard InChI is InChI=1S/C22H24N2O4/c1-24-18-11-8-16(14-19(18)28-21(24)26)23-20(25)22(12-4-3-5-13-22)15-6-9-17(27-2)10-7-15/h6-11,14H,3-5,12-13H2,1-2H3,(H,23,25). The fourth-order valence-electron chi connectivity index (χ4n) is 4.17. The Morgan fingerprint density at radius 1 is 1.11 bits per heavy atom. The third-order valence-electron chi connectivity index (χ3n) is 5.83. The summed E-state index contributed by atoms with van der Waals surface area (Å²) in [5.41, 5.74) is 2.25. The molecule has 1 aliphatic carbocycles. The molecule has 6 heteroatoms. The molecule has 1 aromatic heterocycles. The van der Waals surface area contributed by atoms with E-state index in [1.165, 1.54) is 4.57 Å². The Morgan fingerprint density at radius 3 is 2.50 bits per heavy atom. The molecule has 1 N–H and O–H groups in total. The molecule has 0 aliphatic heterocycles. The van der Waals surface area contributed by atoms with Crippen molar-refractivity contribution in [3.8, 4) is 5.75 Å². The van der Waals surface area contributed by atoms with Crippen LogP contribution in [-0.2, 0) is 17.3 Å². The van der Waals surface area contributed by atoms with Crippen LogP contribution in [0.3, 0.4) is 0 Å². The lowest BCUT2D eigenvalue weighted by Crippen LogP contribution is -2.42. The van der Waals surface area contributed by atoms with Crippen LogP contribution in [0.2, 0.25) is 0 Å². The number of aromatic nitrogens is 1. The SMILES string of the molecule is COc1ccc(C2(C(=O)Nc3ccc4c(c3)oc(=O)n4C)CCCCC2)cc1. The number of anilines is 1. The second-order valence-corrected chi connectivity index (χ2v) is 7.43. The van der Waals surface area contributed by atoms with Crippen molar-refractivity contribution in [3.05, 3.63) is 58.6 Å². The average molecular weight is 380 g/mol. The number of ether oxygens (including phenoxy) is 1. The van der Waals surface area contributed by atoms with Crippen LogP contribution < -0.4 is 15.8 Å². The number of amides is 1. The van der Waals surface area contributed by atoms with E-state index in [1.54, 1.807) is 32.4 Å². The van der Waals surface area contributed by atoms with Gasteiger partial charge in [0.05, 0.1) is 18.0 Å². The highest BCUT2D eigenvalue weighted by Gasteiger charge is 2.41. The van der Waals surface area contributed by atoms with E-state index in [-0.39, 0.29) is 5.91 Å². The molecular weight excluding hydrogens is 356 g/mol. The highest BCUT2D eigenvalue weighted by molar-refractivity contribution is 6.00. The molecule has 0 radical (unpaired) electrons. The van der Waals surface area contributed by atoms with Crippen molar-refractivity contribution in [2.45, 2.75) is 37.5 Å². The highest BCUT2D eigenvalue weighted by atomic mass is 16.5. The van der Waals surface area contributed by atoms with Crippen LogP contribution >= 0.6 is 0 Å². The summed E-state index contributed by atoms with van der Waals surface area (Å²) in [6.45, 7) is 0. The summed E-state index contributed by atoms with van der Waals surface area (Å²) in [5.74, 6) is 0.343. The van der Waals surface area contributed by atoms with Gasteiger partial charge in [-0.25, -0.2) is 4.79 Å². The first-order valence-electron chi connectivity index (χ1n) is 9.59. The van der Waals surface area contributed by atoms with Crippen LogP contribution in [0.5, 0.6) is 5.75 Å². The summed E-state index contributed by atoms with van der Waals surface area (Å²) < 4.78 is 11.9. The summed E-state index contributed by atoms with van der Waals surface area (Å²) in [7, 11) is 3.29. The molecular formula is C22H24N2O4. The quantitative estimate of drug-likeness (QED) is 0.743. The average Bonchev–Trinajstić information content (AvgIpc) is 3.01. The van der Waals surface area contributed by atoms with Crippen LogP contribution in [0.1, 0.15) is 37.7 Å². The van der Waals surface area contributed by atoms with Crippen molar-refractivity contribution in [1.29, 1.82) is 0 Å². The minimum Gasteiger partial charge on any atom is -0.497 e. The lowest BCUT2D eigenvalue weighted by atomic mass is 9.68. The van der Waals surface area contributed by atoms with E-state index in [0.29, 0.717) is 16.8 Å². The van der Waals surface area contributed by atoms with Gasteiger partial charge in [0, 0.05) is 18.8 Å². The number of nitrogens with zero attached hydrogens (tertiary/aromatic N) is 1. The Morgan fingerprint density at radius 2 is 1.82 bits per heavy atom. The predicted molar refractivity (Wildman–Crippen MR) is 108 cm³/mol. The Hall–Kier alpha value is -3.02. The molecule has 0 saturated heterocycles. The van der Waals surface area contributed by atoms with Crippen LogP contribution in [0.4, 0.5) is 5.69 Å². The number of carbonyl (C=O) groups excluding carboxylic acids is 1. The summed E-state index contributed by atoms with van der Waals surface area (Å²) in [6.07, 6.45) is 4.81. The summed E-state index contributed by atoms with van der Waals surface area (Å²) >= 11 is 0. The van der Waals surface area contributed by atoms with Crippen molar-refractivity contribution < 1.29 is 13.9 Å². The number of hydrogen-bond donors (Lipinski definition) is 1. The van der Waals surface area contributed by atoms with Crippen molar-refractivity contribution in [2.75, 3.05) is 12.4 Å². The first-order chi connectivity index (χ1) is 13.5. The zero-order chi connectivity index (χ0) is 19.7. The molecule has 4 rings (SSSR count). The number of rotatable bonds is 4. The molecule has 1 saturated carbocycles. The molecule has 1 heterocycles. The molecule has 2 aromatic carbocycles. The first-order valence-corrected chi connectivity index (χ1v) is 9.59. The molecule has 3 aromatic rings. The van der Waals surface area contributed by atoms with Gasteiger partial charge in [0.1, 0.15) is 5.75 Å². The zero-order valence-electron chi connectivity index (χ0n) is 16.2. The fraction of sp³-hybridized carbons (Fsp3) is 0.364. The number of hydrogen-bond acceptors (Lipinski definition) is 4. The van der Waals surface area contributed by atoms with Crippen LogP contribution in [0, 0.1) is 0 Å². The molecule has 1 fully saturated rings. The van der Waals surface area contributed by atoms with E-state index in [4.69, 9.17) is 9.15 Å². The lowest BCUT2D eigenvalue weighted by molar-refractivity contribution is -0.122. The molecule has 0 atom stereocenters. The minimum atomic E-state index is -0.559. The summed E-state index contributed by atoms with van der Waals surface area (Å²) in [5, 5.41) is 3.06. The maximum absolute atomic E-state index is 13.4. The van der Waals surface area contributed by atoms with Crippen molar-refractivity contribution >= 4 is 22.7 Å². The molecule has 1 aliphatic rings. The lowest BCUT2D eigenvalue weighted by Gasteiger charge is -2.36. The van der Waals surface area contributed by atoms with Gasteiger partial charge in [0.2, 0.25) is 5.91 Å². The van der Waals surface area contributed by atoms with Crippen LogP contribution in [-0.4, -0.2) is 17.6 Å². The maximum atomic E-state index is 13.4. The first kappa shape index (κ1) is 18.3. The van der Waals surface area contributed by atoms with Crippen LogP contribution in [0.25, 0.3) is 11.1 Å². The fourth-order valence-corrected chi connectivity index (χ4v) is 4.17. The molecule has 6 nitrogen and oxygen atoms in total. The summed E-state index contributed by atoms with van der Waals surface area (Å²) in [6, 6.07) is 13.1. The number of benzene rings is 2. The van der Waals surface area contributed by atoms with Gasteiger partial charge in [-0.1, -0.05) is 31.4 Å². The van der Waals surface area contributed by atoms with Crippen molar-refractivity contribution in [1.82, 2.24) is 4.57 Å². The van der Waals surface area contributed by atoms with Gasteiger partial charge in [-0.15, -0.1) is 0 Å². The van der Waals surface area contributed by atoms with E-state index in [0.717, 1.165) is 43.4 Å². The number of aryl methyl sites for hydroxylation is 1. The van der Waals surface area contributed by atoms with Gasteiger partial charge in [-0.2, -0.15) is 0 Å². The Labute approximate surface area is 163 Å². The van der Waals surface area contributed by atoms with E-state index >= 15 is 0 Å². The molecule has 1 amide bonds. The number of oxazole rings is 1. The monoisotopic (exact) mass is 380 g/mol. The Kier molecular flexibility index (Phi) is 4.71. The zero-order valence-corrected chi connectivity index (χ0v) is 16.2. The number of fused-ring (bicyclic) bond motifs is 1. The molecule has 0 unspecified atom stereocenters. The van der Waals surface area contributed by atoms with E-state index < -0.39 is 11.2 Å². The molecule has 146 valence electrons. The van der Waals surface area contributed by atoms with Gasteiger partial charge in [0.25, 0.3) is 0 Å². The number of carbonyl (C=O) groups is 1. The maximum Gasteiger partial charge on any atom is 0.419 e. The van der Waals surface area contributed by atoms with E-state index in [1.807, 2.05) is 24.3 Å². The third kappa shape index (κ3) is 3.09. The van der Waals surface area contributed by atoms with E-state index in [2.05, 4.69) is 5.32 Å². The third-order valence-corrected chi connectivity index (χ3v) is 5.83. The highest BCUT2D eigenvalue weighted by Crippen LogP contribution is 2.41. The molecule has 0 spiro atoms. The van der Waals surface area contributed by atoms with Gasteiger partial charge in [-0.3, -0.25) is 9.36 Å². The normalized spacial score (nSPS) is 16.1. The van der Waals surface area contributed by atoms with Gasteiger partial charge >= 0.3 is 5.76 Å². The van der Waals surface area contributed by atoms with Crippen molar-refractivity contribution in [2.24, 2.45) is 7.05 Å².